The third-order valence-corrected chi connectivity index (χ3v) is 7.17. The number of aromatic nitrogens is 6. The van der Waals surface area contributed by atoms with E-state index in [9.17, 15) is 13.9 Å². The molecule has 0 saturated carbocycles. The zero-order chi connectivity index (χ0) is 25.5. The van der Waals surface area contributed by atoms with Gasteiger partial charge in [0.05, 0.1) is 23.1 Å². The van der Waals surface area contributed by atoms with Gasteiger partial charge >= 0.3 is 6.61 Å². The second kappa shape index (κ2) is 7.66. The van der Waals surface area contributed by atoms with Crippen molar-refractivity contribution >= 4 is 11.0 Å². The zero-order valence-corrected chi connectivity index (χ0v) is 20.0. The van der Waals surface area contributed by atoms with E-state index in [1.165, 1.54) is 0 Å². The minimum atomic E-state index is -2.94. The largest absolute Gasteiger partial charge is 0.434 e. The average molecular weight is 501 g/mol. The van der Waals surface area contributed by atoms with Crippen molar-refractivity contribution in [3.63, 3.8) is 0 Å². The molecule has 0 unspecified atom stereocenters. The van der Waals surface area contributed by atoms with Crippen molar-refractivity contribution in [2.45, 2.75) is 44.6 Å². The van der Waals surface area contributed by atoms with E-state index in [0.717, 1.165) is 33.5 Å². The standard InChI is InChI=1S/C27H22F2N6O2/c1-27(2,36)25-31-12-15(13-32-25)14-6-7-17-18(10-14)35-19-11-20(24(35)33-17)34-9-8-30-23(34)16-4-3-5-21(22(16)19)37-26(28)29/h3-10,12-13,19-20,26,36H,11H2,1-2H3/t19-,20+/m0/s1. The number of alkyl halides is 2. The summed E-state index contributed by atoms with van der Waals surface area (Å²) in [5.41, 5.74) is 3.68. The number of hydrogen-bond donors (Lipinski definition) is 1. The number of hydrogen-bond acceptors (Lipinski definition) is 6. The SMILES string of the molecule is CC(C)(O)c1ncc(-c2ccc3nc4n(c3c2)[C@H]2C[C@H]4n3ccnc3-c3cccc(OC(F)F)c32)cn1. The van der Waals surface area contributed by atoms with Gasteiger partial charge in [-0.05, 0) is 37.6 Å². The van der Waals surface area contributed by atoms with Crippen molar-refractivity contribution in [2.24, 2.45) is 0 Å². The highest BCUT2D eigenvalue weighted by molar-refractivity contribution is 5.84. The summed E-state index contributed by atoms with van der Waals surface area (Å²) in [6, 6.07) is 10.8. The Bertz CT molecular complexity index is 1670. The van der Waals surface area contributed by atoms with E-state index >= 15 is 0 Å². The first-order chi connectivity index (χ1) is 17.8. The first kappa shape index (κ1) is 22.1. The Hall–Kier alpha value is -4.18. The van der Waals surface area contributed by atoms with Gasteiger partial charge < -0.3 is 19.0 Å². The van der Waals surface area contributed by atoms with E-state index in [4.69, 9.17) is 9.72 Å². The summed E-state index contributed by atoms with van der Waals surface area (Å²) >= 11 is 0. The summed E-state index contributed by atoms with van der Waals surface area (Å²) in [7, 11) is 0. The number of halogens is 2. The molecule has 5 aromatic rings. The topological polar surface area (TPSA) is 90.9 Å². The molecule has 0 fully saturated rings. The lowest BCUT2D eigenvalue weighted by Crippen LogP contribution is -2.19. The predicted octanol–water partition coefficient (Wildman–Crippen LogP) is 5.08. The average Bonchev–Trinajstić information content (AvgIpc) is 3.55. The maximum atomic E-state index is 13.4. The lowest BCUT2D eigenvalue weighted by atomic mass is 9.97. The van der Waals surface area contributed by atoms with Crippen LogP contribution in [-0.4, -0.2) is 40.8 Å². The fourth-order valence-corrected chi connectivity index (χ4v) is 5.61. The van der Waals surface area contributed by atoms with E-state index < -0.39 is 12.2 Å². The maximum Gasteiger partial charge on any atom is 0.387 e. The quantitative estimate of drug-likeness (QED) is 0.370. The van der Waals surface area contributed by atoms with Gasteiger partial charge in [-0.25, -0.2) is 19.9 Å². The smallest absolute Gasteiger partial charge is 0.387 e. The highest BCUT2D eigenvalue weighted by atomic mass is 19.3. The van der Waals surface area contributed by atoms with Gasteiger partial charge in [0.2, 0.25) is 0 Å². The molecule has 0 amide bonds. The number of aliphatic hydroxyl groups is 1. The van der Waals surface area contributed by atoms with Crippen LogP contribution in [0, 0.1) is 0 Å². The minimum absolute atomic E-state index is 0.0976. The molecule has 8 nitrogen and oxygen atoms in total. The molecule has 0 radical (unpaired) electrons. The Kier molecular flexibility index (Phi) is 4.56. The molecular formula is C27H22F2N6O2. The van der Waals surface area contributed by atoms with Crippen molar-refractivity contribution in [1.29, 1.82) is 0 Å². The van der Waals surface area contributed by atoms with Crippen LogP contribution < -0.4 is 4.74 Å². The Morgan fingerprint density at radius 3 is 2.62 bits per heavy atom. The van der Waals surface area contributed by atoms with E-state index in [-0.39, 0.29) is 17.8 Å². The first-order valence-electron chi connectivity index (χ1n) is 12.0. The number of ether oxygens (including phenoxy) is 1. The summed E-state index contributed by atoms with van der Waals surface area (Å²) in [4.78, 5) is 18.2. The maximum absolute atomic E-state index is 13.4. The monoisotopic (exact) mass is 500 g/mol. The first-order valence-corrected chi connectivity index (χ1v) is 12.0. The Balaban J connectivity index is 1.43. The van der Waals surface area contributed by atoms with Gasteiger partial charge in [-0.1, -0.05) is 18.2 Å². The van der Waals surface area contributed by atoms with Crippen molar-refractivity contribution in [3.8, 4) is 28.3 Å². The van der Waals surface area contributed by atoms with Crippen LogP contribution in [0.1, 0.15) is 49.6 Å². The number of rotatable bonds is 4. The Morgan fingerprint density at radius 1 is 1.05 bits per heavy atom. The van der Waals surface area contributed by atoms with Crippen LogP contribution in [0.25, 0.3) is 33.5 Å². The van der Waals surface area contributed by atoms with Crippen LogP contribution >= 0.6 is 0 Å². The number of fused-ring (bicyclic) bond motifs is 6. The third-order valence-electron chi connectivity index (χ3n) is 7.17. The highest BCUT2D eigenvalue weighted by Gasteiger charge is 2.42. The Labute approximate surface area is 210 Å². The second-order valence-corrected chi connectivity index (χ2v) is 9.92. The van der Waals surface area contributed by atoms with Crippen molar-refractivity contribution in [3.05, 3.63) is 78.4 Å². The van der Waals surface area contributed by atoms with Gasteiger partial charge in [-0.3, -0.25) is 0 Å². The molecule has 0 saturated heterocycles. The molecule has 0 aliphatic carbocycles. The summed E-state index contributed by atoms with van der Waals surface area (Å²) in [6.45, 7) is 0.337. The van der Waals surface area contributed by atoms with Crippen molar-refractivity contribution in [1.82, 2.24) is 29.1 Å². The van der Waals surface area contributed by atoms with Gasteiger partial charge in [0.1, 0.15) is 23.0 Å². The molecule has 5 heterocycles. The molecule has 7 rings (SSSR count). The molecule has 2 bridgehead atoms. The Morgan fingerprint density at radius 2 is 1.86 bits per heavy atom. The van der Waals surface area contributed by atoms with Crippen LogP contribution in [0.2, 0.25) is 0 Å². The van der Waals surface area contributed by atoms with Gasteiger partial charge in [-0.15, -0.1) is 0 Å². The number of benzene rings is 2. The number of imidazole rings is 2. The highest BCUT2D eigenvalue weighted by Crippen LogP contribution is 2.52. The second-order valence-electron chi connectivity index (χ2n) is 9.92. The molecule has 1 N–H and O–H groups in total. The lowest BCUT2D eigenvalue weighted by Gasteiger charge is -2.21. The summed E-state index contributed by atoms with van der Waals surface area (Å²) in [5.74, 6) is 2.05. The number of nitrogens with zero attached hydrogens (tertiary/aromatic N) is 6. The third kappa shape index (κ3) is 3.28. The lowest BCUT2D eigenvalue weighted by molar-refractivity contribution is -0.0506. The normalized spacial score (nSPS) is 18.0. The zero-order valence-electron chi connectivity index (χ0n) is 20.0. The fraction of sp³-hybridized carbons (Fsp3) is 0.259. The van der Waals surface area contributed by atoms with Crippen LogP contribution in [-0.2, 0) is 5.60 Å². The van der Waals surface area contributed by atoms with Crippen LogP contribution in [0.3, 0.4) is 0 Å². The molecule has 186 valence electrons. The predicted molar refractivity (Wildman–Crippen MR) is 131 cm³/mol. The molecule has 0 spiro atoms. The van der Waals surface area contributed by atoms with E-state index in [0.29, 0.717) is 23.6 Å². The molecule has 2 atom stereocenters. The molecule has 3 aromatic heterocycles. The summed E-state index contributed by atoms with van der Waals surface area (Å²) < 4.78 is 36.0. The minimum Gasteiger partial charge on any atom is -0.434 e. The van der Waals surface area contributed by atoms with Gasteiger partial charge in [0, 0.05) is 47.9 Å². The molecule has 2 aromatic carbocycles. The molecule has 2 aliphatic heterocycles. The molecule has 37 heavy (non-hydrogen) atoms. The summed E-state index contributed by atoms with van der Waals surface area (Å²) in [5, 5.41) is 10.2. The van der Waals surface area contributed by atoms with E-state index in [2.05, 4.69) is 24.1 Å². The van der Waals surface area contributed by atoms with Crippen molar-refractivity contribution < 1.29 is 18.6 Å². The van der Waals surface area contributed by atoms with Gasteiger partial charge in [0.25, 0.3) is 0 Å². The van der Waals surface area contributed by atoms with Crippen LogP contribution in [0.5, 0.6) is 5.75 Å². The molecule has 10 heteroatoms. The van der Waals surface area contributed by atoms with Crippen LogP contribution in [0.4, 0.5) is 8.78 Å². The van der Waals surface area contributed by atoms with Crippen LogP contribution in [0.15, 0.2) is 61.2 Å². The summed E-state index contributed by atoms with van der Waals surface area (Å²) in [6.07, 6.45) is 7.66. The molecule has 2 aliphatic rings. The fourth-order valence-electron chi connectivity index (χ4n) is 5.61. The van der Waals surface area contributed by atoms with Gasteiger partial charge in [0.15, 0.2) is 5.82 Å². The molecular weight excluding hydrogens is 478 g/mol. The van der Waals surface area contributed by atoms with Crippen molar-refractivity contribution in [2.75, 3.05) is 0 Å². The van der Waals surface area contributed by atoms with E-state index in [1.54, 1.807) is 44.6 Å². The van der Waals surface area contributed by atoms with E-state index in [1.807, 2.05) is 30.5 Å². The van der Waals surface area contributed by atoms with Gasteiger partial charge in [-0.2, -0.15) is 8.78 Å².